The molecule has 0 aliphatic heterocycles. The molecule has 2 heterocycles. The van der Waals surface area contributed by atoms with E-state index in [2.05, 4.69) is 67.0 Å². The predicted molar refractivity (Wildman–Crippen MR) is 97.3 cm³/mol. The first kappa shape index (κ1) is 16.9. The number of anilines is 1. The van der Waals surface area contributed by atoms with Crippen LogP contribution in [0.15, 0.2) is 65.6 Å². The molecule has 7 nitrogen and oxygen atoms in total. The summed E-state index contributed by atoms with van der Waals surface area (Å²) in [5.41, 5.74) is 2.01. The van der Waals surface area contributed by atoms with Crippen LogP contribution in [0.3, 0.4) is 0 Å². The van der Waals surface area contributed by atoms with Crippen LogP contribution >= 0.6 is 0 Å². The summed E-state index contributed by atoms with van der Waals surface area (Å²) in [5, 5.41) is 8.42. The molecule has 130 valence electrons. The van der Waals surface area contributed by atoms with Crippen molar-refractivity contribution in [2.24, 2.45) is 24.3 Å². The summed E-state index contributed by atoms with van der Waals surface area (Å²) < 4.78 is 6.08. The summed E-state index contributed by atoms with van der Waals surface area (Å²) in [6.45, 7) is 5.04. The number of imidazole rings is 2. The first-order valence-corrected chi connectivity index (χ1v) is 8.41. The Morgan fingerprint density at radius 2 is 1.96 bits per heavy atom. The van der Waals surface area contributed by atoms with Crippen molar-refractivity contribution >= 4 is 17.3 Å². The van der Waals surface area contributed by atoms with Gasteiger partial charge < -0.3 is 9.47 Å². The highest BCUT2D eigenvalue weighted by molar-refractivity contribution is 5.52. The Balaban J connectivity index is 1.63. The van der Waals surface area contributed by atoms with Crippen molar-refractivity contribution in [2.45, 2.75) is 13.5 Å². The lowest BCUT2D eigenvalue weighted by atomic mass is 10.2. The van der Waals surface area contributed by atoms with Gasteiger partial charge in [-0.15, -0.1) is 10.2 Å². The zero-order valence-electron chi connectivity index (χ0n) is 14.9. The van der Waals surface area contributed by atoms with Gasteiger partial charge in [-0.25, -0.2) is 14.1 Å². The molecule has 0 amide bonds. The van der Waals surface area contributed by atoms with Gasteiger partial charge in [-0.05, 0) is 31.2 Å². The molecule has 2 aromatic heterocycles. The maximum atomic E-state index is 4.25. The topological polar surface area (TPSA) is 54.6 Å². The van der Waals surface area contributed by atoms with Crippen molar-refractivity contribution in [3.8, 4) is 0 Å². The first-order chi connectivity index (χ1) is 12.2. The van der Waals surface area contributed by atoms with Crippen LogP contribution in [-0.2, 0) is 20.6 Å². The summed E-state index contributed by atoms with van der Waals surface area (Å²) in [6, 6.07) is 8.15. The maximum Gasteiger partial charge on any atom is 0.249 e. The third-order valence-electron chi connectivity index (χ3n) is 4.10. The van der Waals surface area contributed by atoms with Crippen LogP contribution < -0.4 is 9.47 Å². The Labute approximate surface area is 147 Å². The van der Waals surface area contributed by atoms with Crippen molar-refractivity contribution in [1.82, 2.24) is 14.1 Å². The minimum atomic E-state index is 0.596. The Hall–Kier alpha value is -2.96. The van der Waals surface area contributed by atoms with Gasteiger partial charge >= 0.3 is 0 Å². The number of likely N-dealkylation sites (N-methyl/N-ethyl adjacent to an activating group) is 1. The molecule has 0 N–H and O–H groups in total. The molecule has 0 atom stereocenters. The van der Waals surface area contributed by atoms with Gasteiger partial charge in [-0.3, -0.25) is 0 Å². The fourth-order valence-corrected chi connectivity index (χ4v) is 2.63. The Bertz CT molecular complexity index is 829. The van der Waals surface area contributed by atoms with Crippen LogP contribution in [0, 0.1) is 0 Å². The lowest BCUT2D eigenvalue weighted by molar-refractivity contribution is -0.671. The van der Waals surface area contributed by atoms with Crippen molar-refractivity contribution in [3.63, 3.8) is 0 Å². The highest BCUT2D eigenvalue weighted by Crippen LogP contribution is 2.21. The molecule has 3 rings (SSSR count). The minimum Gasteiger partial charge on any atom is -0.368 e. The second kappa shape index (κ2) is 7.74. The van der Waals surface area contributed by atoms with E-state index in [0.29, 0.717) is 5.95 Å². The van der Waals surface area contributed by atoms with Gasteiger partial charge in [0.15, 0.2) is 0 Å². The number of hydrogen-bond donors (Lipinski definition) is 0. The summed E-state index contributed by atoms with van der Waals surface area (Å²) in [4.78, 5) is 6.48. The monoisotopic (exact) mass is 338 g/mol. The lowest BCUT2D eigenvalue weighted by Crippen LogP contribution is -2.28. The third kappa shape index (κ3) is 4.32. The average Bonchev–Trinajstić information content (AvgIpc) is 3.23. The zero-order valence-corrected chi connectivity index (χ0v) is 14.9. The standard InChI is InChI=1S/C18H24N7/c1-4-25(14-13-24-12-11-22(2)15-24)17-7-5-16(6-8-17)20-21-18-19-9-10-23(18)3/h5-12,15H,4,13-14H2,1-3H3/q+1. The zero-order chi connectivity index (χ0) is 17.6. The molecular weight excluding hydrogens is 314 g/mol. The van der Waals surface area contributed by atoms with Gasteiger partial charge in [0.2, 0.25) is 12.3 Å². The molecule has 0 radical (unpaired) electrons. The summed E-state index contributed by atoms with van der Waals surface area (Å²) in [7, 11) is 3.93. The fourth-order valence-electron chi connectivity index (χ4n) is 2.63. The summed E-state index contributed by atoms with van der Waals surface area (Å²) in [5.74, 6) is 0.596. The second-order valence-electron chi connectivity index (χ2n) is 5.95. The van der Waals surface area contributed by atoms with Gasteiger partial charge in [-0.2, -0.15) is 0 Å². The van der Waals surface area contributed by atoms with Crippen molar-refractivity contribution in [3.05, 3.63) is 55.4 Å². The highest BCUT2D eigenvalue weighted by atomic mass is 15.2. The molecule has 1 aromatic carbocycles. The fraction of sp³-hybridized carbons (Fsp3) is 0.333. The molecule has 0 unspecified atom stereocenters. The van der Waals surface area contributed by atoms with E-state index in [9.17, 15) is 0 Å². The number of aromatic nitrogens is 4. The molecule has 0 aliphatic carbocycles. The van der Waals surface area contributed by atoms with Gasteiger partial charge in [0, 0.05) is 31.7 Å². The number of aryl methyl sites for hydroxylation is 2. The summed E-state index contributed by atoms with van der Waals surface area (Å²) in [6.07, 6.45) is 9.80. The molecule has 3 aromatic rings. The van der Waals surface area contributed by atoms with Crippen molar-refractivity contribution in [2.75, 3.05) is 18.0 Å². The minimum absolute atomic E-state index is 0.596. The predicted octanol–water partition coefficient (Wildman–Crippen LogP) is 2.99. The van der Waals surface area contributed by atoms with Crippen LogP contribution in [0.4, 0.5) is 17.3 Å². The quantitative estimate of drug-likeness (QED) is 0.491. The van der Waals surface area contributed by atoms with Crippen LogP contribution in [0.25, 0.3) is 0 Å². The number of azo groups is 1. The molecule has 0 saturated carbocycles. The third-order valence-corrected chi connectivity index (χ3v) is 4.10. The molecule has 0 spiro atoms. The molecule has 25 heavy (non-hydrogen) atoms. The largest absolute Gasteiger partial charge is 0.368 e. The van der Waals surface area contributed by atoms with Gasteiger partial charge in [0.05, 0.1) is 19.3 Å². The number of hydrogen-bond acceptors (Lipinski definition) is 4. The molecular formula is C18H24N7+. The Kier molecular flexibility index (Phi) is 5.23. The van der Waals surface area contributed by atoms with E-state index in [1.54, 1.807) is 6.20 Å². The first-order valence-electron chi connectivity index (χ1n) is 8.41. The van der Waals surface area contributed by atoms with Gasteiger partial charge in [0.1, 0.15) is 18.9 Å². The number of benzene rings is 1. The van der Waals surface area contributed by atoms with Gasteiger partial charge in [-0.1, -0.05) is 0 Å². The van der Waals surface area contributed by atoms with E-state index in [0.717, 1.165) is 25.3 Å². The van der Waals surface area contributed by atoms with Crippen molar-refractivity contribution < 1.29 is 4.57 Å². The number of rotatable bonds is 7. The molecule has 0 aliphatic rings. The van der Waals surface area contributed by atoms with Crippen LogP contribution in [0.1, 0.15) is 6.92 Å². The van der Waals surface area contributed by atoms with E-state index in [-0.39, 0.29) is 0 Å². The normalized spacial score (nSPS) is 11.3. The molecule has 7 heteroatoms. The van der Waals surface area contributed by atoms with Crippen LogP contribution in [-0.4, -0.2) is 27.2 Å². The number of nitrogens with zero attached hydrogens (tertiary/aromatic N) is 7. The van der Waals surface area contributed by atoms with E-state index in [4.69, 9.17) is 0 Å². The van der Waals surface area contributed by atoms with Gasteiger partial charge in [0.25, 0.3) is 0 Å². The molecule has 0 saturated heterocycles. The SMILES string of the molecule is CCN(CCn1cc[n+](C)c1)c1ccc(N=Nc2nccn2C)cc1. The highest BCUT2D eigenvalue weighted by Gasteiger charge is 2.07. The summed E-state index contributed by atoms with van der Waals surface area (Å²) >= 11 is 0. The van der Waals surface area contributed by atoms with Crippen LogP contribution in [0.2, 0.25) is 0 Å². The molecule has 0 fully saturated rings. The maximum absolute atomic E-state index is 4.25. The smallest absolute Gasteiger partial charge is 0.249 e. The van der Waals surface area contributed by atoms with E-state index >= 15 is 0 Å². The van der Waals surface area contributed by atoms with E-state index in [1.165, 1.54) is 5.69 Å². The average molecular weight is 338 g/mol. The van der Waals surface area contributed by atoms with E-state index < -0.39 is 0 Å². The van der Waals surface area contributed by atoms with Crippen LogP contribution in [0.5, 0.6) is 0 Å². The Morgan fingerprint density at radius 3 is 2.56 bits per heavy atom. The van der Waals surface area contributed by atoms with Crippen molar-refractivity contribution in [1.29, 1.82) is 0 Å². The molecule has 0 bridgehead atoms. The van der Waals surface area contributed by atoms with E-state index in [1.807, 2.05) is 37.0 Å². The Morgan fingerprint density at radius 1 is 1.16 bits per heavy atom. The lowest BCUT2D eigenvalue weighted by Gasteiger charge is -2.22. The second-order valence-corrected chi connectivity index (χ2v) is 5.95.